The fraction of sp³-hybridized carbons (Fsp3) is 0.0952. The van der Waals surface area contributed by atoms with Crippen LogP contribution in [0.4, 0.5) is 17.8 Å². The molecule has 408 valence electrons. The number of halogens is 3. The fourth-order valence-corrected chi connectivity index (χ4v) is 11.6. The lowest BCUT2D eigenvalue weighted by Gasteiger charge is -2.52. The van der Waals surface area contributed by atoms with Crippen LogP contribution in [-0.2, 0) is 10.3 Å². The summed E-state index contributed by atoms with van der Waals surface area (Å²) in [5.74, 6) is 0.634. The molecule has 14 rings (SSSR count). The number of ketones is 1. The molecular formula is C63H51Br3N12O4. The van der Waals surface area contributed by atoms with E-state index in [0.717, 1.165) is 81.7 Å². The fourth-order valence-electron chi connectivity index (χ4n) is 10.5. The number of aromatic nitrogens is 8. The number of nitrogen functional groups attached to an aromatic ring is 2. The van der Waals surface area contributed by atoms with Crippen molar-refractivity contribution in [1.82, 2.24) is 39.9 Å². The summed E-state index contributed by atoms with van der Waals surface area (Å²) >= 11 is 9.80. The van der Waals surface area contributed by atoms with Crippen molar-refractivity contribution in [1.29, 1.82) is 0 Å². The minimum absolute atomic E-state index is 0.0538. The maximum Gasteiger partial charge on any atom is 0.273 e. The van der Waals surface area contributed by atoms with Gasteiger partial charge in [-0.05, 0) is 77.7 Å². The van der Waals surface area contributed by atoms with E-state index >= 15 is 0 Å². The van der Waals surface area contributed by atoms with E-state index in [4.69, 9.17) is 11.5 Å². The van der Waals surface area contributed by atoms with Gasteiger partial charge in [-0.15, -0.1) is 0 Å². The molecule has 0 spiro atoms. The Hall–Kier alpha value is -9.17. The number of pyridine rings is 2. The molecule has 82 heavy (non-hydrogen) atoms. The second-order valence-corrected chi connectivity index (χ2v) is 21.9. The molecule has 0 saturated heterocycles. The number of carbonyl (C=O) groups excluding carboxylic acids is 2. The smallest absolute Gasteiger partial charge is 0.273 e. The van der Waals surface area contributed by atoms with E-state index in [-0.39, 0.29) is 29.0 Å². The minimum Gasteiger partial charge on any atom is -0.369 e. The van der Waals surface area contributed by atoms with Gasteiger partial charge in [-0.2, -0.15) is 0 Å². The number of nitro groups is 1. The molecular weight excluding hydrogens is 1230 g/mol. The molecule has 3 aliphatic rings. The van der Waals surface area contributed by atoms with Crippen LogP contribution in [0.3, 0.4) is 0 Å². The number of amides is 1. The quantitative estimate of drug-likeness (QED) is 0.0325. The number of nitrogens with one attached hydrogen (secondary N) is 4. The number of hydrogen-bond acceptors (Lipinski definition) is 11. The number of imidazole rings is 3. The van der Waals surface area contributed by atoms with Gasteiger partial charge in [0.1, 0.15) is 0 Å². The summed E-state index contributed by atoms with van der Waals surface area (Å²) in [5.41, 5.74) is 22.0. The van der Waals surface area contributed by atoms with E-state index in [2.05, 4.69) is 105 Å². The first-order valence-corrected chi connectivity index (χ1v) is 28.4. The molecule has 5 aromatic heterocycles. The first-order chi connectivity index (χ1) is 39.7. The number of aromatic amines is 3. The number of benzene rings is 6. The van der Waals surface area contributed by atoms with Crippen molar-refractivity contribution >= 4 is 77.3 Å². The first-order valence-electron chi connectivity index (χ1n) is 25.7. The molecule has 0 saturated carbocycles. The lowest BCUT2D eigenvalue weighted by atomic mass is 9.49. The van der Waals surface area contributed by atoms with Crippen molar-refractivity contribution in [3.8, 4) is 56.0 Å². The van der Waals surface area contributed by atoms with Crippen molar-refractivity contribution in [2.75, 3.05) is 22.1 Å². The van der Waals surface area contributed by atoms with Gasteiger partial charge in [0, 0.05) is 95.5 Å². The second-order valence-electron chi connectivity index (χ2n) is 19.5. The number of hydrogen-bond donors (Lipinski definition) is 6. The van der Waals surface area contributed by atoms with E-state index in [1.54, 1.807) is 37.1 Å². The SMILES string of the molecule is CC1(C(=O)Nc2ncc(-c3cccc(-c4cccnc4)c3)[nH]2)CC2([N+](=O)[O-])c3ccccc3C1c1ccccc12.Nc1ncc(-c2cccc(-c3cccnc3)c2)[nH]1.Nc1ncc(-c2cccc(Br)c2)[nH]1.O=C(CBr)c1cccc(Br)c1. The molecule has 6 aromatic carbocycles. The Morgan fingerprint density at radius 1 is 0.585 bits per heavy atom. The number of carbonyl (C=O) groups is 2. The maximum atomic E-state index is 14.0. The zero-order chi connectivity index (χ0) is 57.4. The van der Waals surface area contributed by atoms with Gasteiger partial charge in [-0.3, -0.25) is 35.0 Å². The van der Waals surface area contributed by atoms with Crippen LogP contribution < -0.4 is 16.8 Å². The number of rotatable bonds is 10. The number of nitrogens with zero attached hydrogens (tertiary/aromatic N) is 6. The standard InChI is InChI=1S/C32H25N5O3.C14H12N4.C9H8BrN3.C8H6Br2O/c1-31(19-32(37(39)40)25-13-4-2-11-23(25)28(31)24-12-3-5-14-26(24)32)29(38)36-30-34-18-27(35-30)21-9-6-8-20(16-21)22-10-7-15-33-17-22;15-14-17-9-13(18-14)11-4-1-3-10(7-11)12-5-2-6-16-8-12;10-7-3-1-2-6(4-7)8-5-12-9(11)13-8;9-5-8(11)6-2-1-3-7(10)4-6/h2-18,28H,19H2,1H3,(H2,34,35,36,38);1-9H,(H3,15,17,18);1-5H,(H3,11,12,13);1-4H,5H2. The normalized spacial score (nSPS) is 16.1. The van der Waals surface area contributed by atoms with Gasteiger partial charge >= 0.3 is 0 Å². The highest BCUT2D eigenvalue weighted by atomic mass is 79.9. The topological polar surface area (TPSA) is 253 Å². The predicted octanol–water partition coefficient (Wildman–Crippen LogP) is 14.3. The average molecular weight is 1280 g/mol. The zero-order valence-electron chi connectivity index (χ0n) is 43.8. The summed E-state index contributed by atoms with van der Waals surface area (Å²) in [6.45, 7) is 1.83. The Labute approximate surface area is 496 Å². The van der Waals surface area contributed by atoms with Crippen LogP contribution in [0.5, 0.6) is 0 Å². The Morgan fingerprint density at radius 3 is 1.52 bits per heavy atom. The maximum absolute atomic E-state index is 14.0. The summed E-state index contributed by atoms with van der Waals surface area (Å²) in [6.07, 6.45) is 12.3. The molecule has 1 amide bonds. The van der Waals surface area contributed by atoms with E-state index in [9.17, 15) is 19.7 Å². The third-order valence-electron chi connectivity index (χ3n) is 14.3. The number of anilines is 3. The summed E-state index contributed by atoms with van der Waals surface area (Å²) in [4.78, 5) is 67.7. The first kappa shape index (κ1) is 56.1. The molecule has 11 aromatic rings. The number of alkyl halides is 1. The van der Waals surface area contributed by atoms with Crippen LogP contribution in [0.15, 0.2) is 222 Å². The molecule has 19 heteroatoms. The van der Waals surface area contributed by atoms with Crippen molar-refractivity contribution in [2.45, 2.75) is 24.8 Å². The van der Waals surface area contributed by atoms with Crippen LogP contribution in [-0.4, -0.2) is 61.8 Å². The zero-order valence-corrected chi connectivity index (χ0v) is 48.6. The van der Waals surface area contributed by atoms with Crippen molar-refractivity contribution in [2.24, 2.45) is 5.41 Å². The molecule has 0 fully saturated rings. The lowest BCUT2D eigenvalue weighted by molar-refractivity contribution is -0.573. The van der Waals surface area contributed by atoms with Gasteiger partial charge < -0.3 is 26.4 Å². The van der Waals surface area contributed by atoms with Crippen molar-refractivity contribution in [3.05, 3.63) is 260 Å². The van der Waals surface area contributed by atoms with Gasteiger partial charge in [0.15, 0.2) is 17.7 Å². The number of Topliss-reactive ketones (excluding diaryl/α,β-unsaturated/α-hetero) is 1. The number of fused-ring (bicyclic) bond motifs is 1. The minimum atomic E-state index is -1.50. The summed E-state index contributed by atoms with van der Waals surface area (Å²) in [7, 11) is 0. The van der Waals surface area contributed by atoms with Gasteiger partial charge in [-0.25, -0.2) is 15.0 Å². The molecule has 2 bridgehead atoms. The van der Waals surface area contributed by atoms with Gasteiger partial charge in [0.2, 0.25) is 11.9 Å². The Balaban J connectivity index is 0.000000146. The largest absolute Gasteiger partial charge is 0.369 e. The highest BCUT2D eigenvalue weighted by molar-refractivity contribution is 9.10. The van der Waals surface area contributed by atoms with Crippen LogP contribution in [0.1, 0.15) is 51.9 Å². The molecule has 8 N–H and O–H groups in total. The van der Waals surface area contributed by atoms with Crippen LogP contribution in [0.2, 0.25) is 0 Å². The Kier molecular flexibility index (Phi) is 16.9. The van der Waals surface area contributed by atoms with Gasteiger partial charge in [0.05, 0.1) is 46.4 Å². The van der Waals surface area contributed by atoms with E-state index in [0.29, 0.717) is 34.3 Å². The second kappa shape index (κ2) is 24.7. The number of nitrogens with two attached hydrogens (primary N) is 2. The van der Waals surface area contributed by atoms with Crippen molar-refractivity contribution in [3.63, 3.8) is 0 Å². The summed E-state index contributed by atoms with van der Waals surface area (Å²) < 4.78 is 1.97. The molecule has 0 aliphatic heterocycles. The van der Waals surface area contributed by atoms with E-state index in [1.165, 1.54) is 0 Å². The lowest BCUT2D eigenvalue weighted by Crippen LogP contribution is -2.57. The third kappa shape index (κ3) is 12.0. The Morgan fingerprint density at radius 2 is 1.05 bits per heavy atom. The van der Waals surface area contributed by atoms with Crippen molar-refractivity contribution < 1.29 is 14.5 Å². The molecule has 3 aliphatic carbocycles. The van der Waals surface area contributed by atoms with E-state index in [1.807, 2.05) is 171 Å². The highest BCUT2D eigenvalue weighted by Crippen LogP contribution is 2.64. The van der Waals surface area contributed by atoms with E-state index < -0.39 is 11.0 Å². The summed E-state index contributed by atoms with van der Waals surface area (Å²) in [5, 5.41) is 16.2. The highest BCUT2D eigenvalue weighted by Gasteiger charge is 2.67. The monoisotopic (exact) mass is 1280 g/mol. The van der Waals surface area contributed by atoms with Crippen LogP contribution in [0, 0.1) is 15.5 Å². The molecule has 1 atom stereocenters. The Bertz CT molecular complexity index is 4030. The van der Waals surface area contributed by atoms with Crippen LogP contribution in [0.25, 0.3) is 56.0 Å². The van der Waals surface area contributed by atoms with Crippen LogP contribution >= 0.6 is 47.8 Å². The average Bonchev–Trinajstić information content (AvgIpc) is 4.33. The van der Waals surface area contributed by atoms with Gasteiger partial charge in [-0.1, -0.05) is 169 Å². The third-order valence-corrected chi connectivity index (χ3v) is 15.8. The predicted molar refractivity (Wildman–Crippen MR) is 331 cm³/mol. The molecule has 0 radical (unpaired) electrons. The number of H-pyrrole nitrogens is 3. The molecule has 1 unspecified atom stereocenters. The van der Waals surface area contributed by atoms with Gasteiger partial charge in [0.25, 0.3) is 5.54 Å². The summed E-state index contributed by atoms with van der Waals surface area (Å²) in [6, 6.07) is 54.2. The molecule has 5 heterocycles. The molecule has 16 nitrogen and oxygen atoms in total.